The van der Waals surface area contributed by atoms with E-state index in [1.807, 2.05) is 4.90 Å². The molecule has 13 heteroatoms. The number of benzene rings is 1. The van der Waals surface area contributed by atoms with Crippen molar-refractivity contribution in [2.45, 2.75) is 50.1 Å². The first-order valence-electron chi connectivity index (χ1n) is 10.9. The third-order valence-electron chi connectivity index (χ3n) is 6.85. The Morgan fingerprint density at radius 2 is 1.78 bits per heavy atom. The molecule has 0 unspecified atom stereocenters. The molecule has 3 atom stereocenters. The van der Waals surface area contributed by atoms with Crippen LogP contribution in [0.3, 0.4) is 0 Å². The van der Waals surface area contributed by atoms with Crippen molar-refractivity contribution in [2.24, 2.45) is 0 Å². The van der Waals surface area contributed by atoms with Crippen molar-refractivity contribution in [3.05, 3.63) is 65.6 Å². The highest BCUT2D eigenvalue weighted by molar-refractivity contribution is 7.59. The maximum absolute atomic E-state index is 13.7. The molecule has 4 aromatic rings. The molecular weight excluding hydrogens is 529 g/mol. The molecule has 0 aliphatic carbocycles. The smallest absolute Gasteiger partial charge is 0.280 e. The summed E-state index contributed by atoms with van der Waals surface area (Å²) in [6.07, 6.45) is 2.86. The number of fused-ring (bicyclic) bond motifs is 4. The Morgan fingerprint density at radius 3 is 2.56 bits per heavy atom. The number of carbonyl (C=O) groups is 1. The second-order valence-corrected chi connectivity index (χ2v) is 8.63. The van der Waals surface area contributed by atoms with E-state index in [1.165, 1.54) is 23.0 Å². The normalized spacial score (nSPS) is 20.7. The fourth-order valence-corrected chi connectivity index (χ4v) is 5.43. The van der Waals surface area contributed by atoms with Gasteiger partial charge in [-0.3, -0.25) is 9.78 Å². The van der Waals surface area contributed by atoms with E-state index < -0.39 is 12.2 Å². The van der Waals surface area contributed by atoms with E-state index in [2.05, 4.69) is 20.1 Å². The summed E-state index contributed by atoms with van der Waals surface area (Å²) < 4.78 is 42.2. The topological polar surface area (TPSA) is 76.3 Å². The molecule has 3 aromatic heterocycles. The summed E-state index contributed by atoms with van der Waals surface area (Å²) >= 11 is 0. The van der Waals surface area contributed by atoms with Crippen LogP contribution in [0.1, 0.15) is 59.8 Å². The predicted octanol–water partition coefficient (Wildman–Crippen LogP) is 4.64. The lowest BCUT2D eigenvalue weighted by atomic mass is 9.86. The molecule has 5 heterocycles. The molecule has 1 aromatic carbocycles. The van der Waals surface area contributed by atoms with Crippen LogP contribution < -0.4 is 0 Å². The standard InChI is InChI=1S/C23H19F3N6O.3H2S/c24-14-8-13-7-12(1-5-17(13)27-10-14)22(33)31-15-2-4-16(19(31)6-3-15)20-9-18(21(25)26)30-23-28-11-29-32(20)23;;;/h1,5,7-11,15-16,19,21H,2-4,6H2;3*1H2/t15-,16-,19-;;;/m0.../s1. The summed E-state index contributed by atoms with van der Waals surface area (Å²) in [5.74, 6) is -0.646. The van der Waals surface area contributed by atoms with Gasteiger partial charge in [-0.15, -0.1) is 0 Å². The minimum absolute atomic E-state index is 0. The number of piperidine rings is 1. The van der Waals surface area contributed by atoms with Gasteiger partial charge >= 0.3 is 0 Å². The molecule has 2 fully saturated rings. The summed E-state index contributed by atoms with van der Waals surface area (Å²) in [5, 5.41) is 4.76. The van der Waals surface area contributed by atoms with Gasteiger partial charge in [-0.1, -0.05) is 0 Å². The SMILES string of the molecule is O=C(c1ccc2ncc(F)cc2c1)N1[C@H]2CC[C@H](c3cc(C(F)F)nc4ncnn34)[C@@H]1CC2.S.S.S. The van der Waals surface area contributed by atoms with Crippen molar-refractivity contribution in [3.8, 4) is 0 Å². The van der Waals surface area contributed by atoms with Crippen molar-refractivity contribution >= 4 is 63.1 Å². The lowest BCUT2D eigenvalue weighted by Gasteiger charge is -2.40. The minimum Gasteiger partial charge on any atom is -0.332 e. The average Bonchev–Trinajstić information content (AvgIpc) is 3.40. The second-order valence-electron chi connectivity index (χ2n) is 8.63. The third-order valence-corrected chi connectivity index (χ3v) is 6.85. The first-order valence-corrected chi connectivity index (χ1v) is 10.9. The van der Waals surface area contributed by atoms with E-state index in [0.29, 0.717) is 22.2 Å². The summed E-state index contributed by atoms with van der Waals surface area (Å²) in [4.78, 5) is 27.5. The average molecular weight is 555 g/mol. The zero-order chi connectivity index (χ0) is 22.7. The van der Waals surface area contributed by atoms with Crippen molar-refractivity contribution in [2.75, 3.05) is 0 Å². The second kappa shape index (κ2) is 10.9. The number of aromatic nitrogens is 5. The largest absolute Gasteiger partial charge is 0.332 e. The van der Waals surface area contributed by atoms with Crippen LogP contribution in [0.25, 0.3) is 16.7 Å². The highest BCUT2D eigenvalue weighted by atomic mass is 32.1. The number of nitrogens with zero attached hydrogens (tertiary/aromatic N) is 6. The van der Waals surface area contributed by atoms with Crippen LogP contribution in [0.4, 0.5) is 13.2 Å². The molecule has 36 heavy (non-hydrogen) atoms. The van der Waals surface area contributed by atoms with Crippen LogP contribution in [0.5, 0.6) is 0 Å². The van der Waals surface area contributed by atoms with E-state index in [4.69, 9.17) is 0 Å². The molecule has 192 valence electrons. The van der Waals surface area contributed by atoms with Crippen molar-refractivity contribution in [1.29, 1.82) is 0 Å². The molecule has 0 spiro atoms. The van der Waals surface area contributed by atoms with Gasteiger partial charge in [0.2, 0.25) is 0 Å². The van der Waals surface area contributed by atoms with Gasteiger partial charge in [0.15, 0.2) is 0 Å². The fraction of sp³-hybridized carbons (Fsp3) is 0.348. The van der Waals surface area contributed by atoms with Gasteiger partial charge < -0.3 is 4.90 Å². The van der Waals surface area contributed by atoms with E-state index in [9.17, 15) is 18.0 Å². The van der Waals surface area contributed by atoms with Crippen LogP contribution in [-0.2, 0) is 0 Å². The summed E-state index contributed by atoms with van der Waals surface area (Å²) in [7, 11) is 0. The summed E-state index contributed by atoms with van der Waals surface area (Å²) in [5.41, 5.74) is 1.33. The number of hydrogen-bond donors (Lipinski definition) is 0. The predicted molar refractivity (Wildman–Crippen MR) is 144 cm³/mol. The molecule has 7 nitrogen and oxygen atoms in total. The van der Waals surface area contributed by atoms with Crippen LogP contribution in [-0.4, -0.2) is 47.5 Å². The van der Waals surface area contributed by atoms with Gasteiger partial charge in [-0.25, -0.2) is 22.7 Å². The Kier molecular flexibility index (Phi) is 8.46. The molecule has 2 aliphatic rings. The lowest BCUT2D eigenvalue weighted by molar-refractivity contribution is 0.0554. The summed E-state index contributed by atoms with van der Waals surface area (Å²) in [6.45, 7) is 0. The molecule has 0 saturated carbocycles. The highest BCUT2D eigenvalue weighted by Gasteiger charge is 2.46. The van der Waals surface area contributed by atoms with Crippen molar-refractivity contribution in [3.63, 3.8) is 0 Å². The molecule has 0 radical (unpaired) electrons. The Morgan fingerprint density at radius 1 is 1.00 bits per heavy atom. The first-order chi connectivity index (χ1) is 16.0. The summed E-state index contributed by atoms with van der Waals surface area (Å²) in [6, 6.07) is 7.76. The number of alkyl halides is 2. The lowest BCUT2D eigenvalue weighted by Crippen LogP contribution is -2.47. The van der Waals surface area contributed by atoms with E-state index in [1.54, 1.807) is 18.2 Å². The molecule has 6 rings (SSSR count). The molecular formula is C23H25F3N6OS3. The number of carbonyl (C=O) groups excluding carboxylic acids is 1. The Hall–Kier alpha value is -2.51. The van der Waals surface area contributed by atoms with Crippen LogP contribution >= 0.6 is 40.5 Å². The molecule has 2 aliphatic heterocycles. The number of rotatable bonds is 3. The van der Waals surface area contributed by atoms with E-state index in [0.717, 1.165) is 31.9 Å². The minimum atomic E-state index is -2.73. The quantitative estimate of drug-likeness (QED) is 0.369. The third kappa shape index (κ3) is 4.63. The Labute approximate surface area is 225 Å². The Bertz CT molecular complexity index is 1400. The van der Waals surface area contributed by atoms with Crippen LogP contribution in [0.15, 0.2) is 42.9 Å². The van der Waals surface area contributed by atoms with Gasteiger partial charge in [0, 0.05) is 29.0 Å². The van der Waals surface area contributed by atoms with Gasteiger partial charge in [-0.2, -0.15) is 50.6 Å². The van der Waals surface area contributed by atoms with Crippen molar-refractivity contribution in [1.82, 2.24) is 29.5 Å². The number of halogens is 3. The molecule has 0 N–H and O–H groups in total. The molecule has 1 amide bonds. The first kappa shape index (κ1) is 28.1. The van der Waals surface area contributed by atoms with Crippen LogP contribution in [0, 0.1) is 5.82 Å². The molecule has 2 saturated heterocycles. The monoisotopic (exact) mass is 554 g/mol. The van der Waals surface area contributed by atoms with Gasteiger partial charge in [-0.05, 0) is 56.0 Å². The number of hydrogen-bond acceptors (Lipinski definition) is 5. The van der Waals surface area contributed by atoms with Gasteiger partial charge in [0.1, 0.15) is 17.8 Å². The maximum Gasteiger partial charge on any atom is 0.280 e. The fourth-order valence-electron chi connectivity index (χ4n) is 5.43. The Balaban J connectivity index is 0.00000120. The highest BCUT2D eigenvalue weighted by Crippen LogP contribution is 2.45. The van der Waals surface area contributed by atoms with Gasteiger partial charge in [0.05, 0.1) is 17.4 Å². The zero-order valence-electron chi connectivity index (χ0n) is 18.9. The van der Waals surface area contributed by atoms with Crippen LogP contribution in [0.2, 0.25) is 0 Å². The maximum atomic E-state index is 13.7. The van der Waals surface area contributed by atoms with Gasteiger partial charge in [0.25, 0.3) is 18.1 Å². The van der Waals surface area contributed by atoms with E-state index in [-0.39, 0.29) is 75.9 Å². The number of pyridine rings is 1. The number of amides is 1. The molecule has 2 bridgehead atoms. The van der Waals surface area contributed by atoms with E-state index >= 15 is 0 Å². The van der Waals surface area contributed by atoms with Crippen molar-refractivity contribution < 1.29 is 18.0 Å². The zero-order valence-corrected chi connectivity index (χ0v) is 21.9.